The van der Waals surface area contributed by atoms with E-state index in [2.05, 4.69) is 6.92 Å². The summed E-state index contributed by atoms with van der Waals surface area (Å²) >= 11 is 0. The van der Waals surface area contributed by atoms with Crippen LogP contribution in [0.5, 0.6) is 17.2 Å². The minimum Gasteiger partial charge on any atom is -0.493 e. The average Bonchev–Trinajstić information content (AvgIpc) is 2.96. The maximum atomic E-state index is 12.6. The Balaban J connectivity index is 1.92. The molecule has 1 amide bonds. The minimum absolute atomic E-state index is 0.106. The van der Waals surface area contributed by atoms with E-state index in [0.29, 0.717) is 35.1 Å². The first-order valence-electron chi connectivity index (χ1n) is 15.3. The molecular weight excluding hydrogens is 554 g/mol. The maximum absolute atomic E-state index is 12.6. The molecule has 0 atom stereocenters. The molecule has 9 heteroatoms. The van der Waals surface area contributed by atoms with Crippen molar-refractivity contribution in [3.05, 3.63) is 47.5 Å². The maximum Gasteiger partial charge on any atom is 0.264 e. The number of rotatable bonds is 22. The van der Waals surface area contributed by atoms with E-state index in [1.165, 1.54) is 71.1 Å². The number of ether oxygens (including phenoxy) is 3. The van der Waals surface area contributed by atoms with Crippen molar-refractivity contribution >= 4 is 21.7 Å². The highest BCUT2D eigenvalue weighted by Gasteiger charge is 2.19. The number of nitrogens with zero attached hydrogens (tertiary/aromatic N) is 1. The van der Waals surface area contributed by atoms with Gasteiger partial charge < -0.3 is 19.1 Å². The molecule has 2 aromatic carbocycles. The van der Waals surface area contributed by atoms with Crippen LogP contribution in [-0.2, 0) is 32.2 Å². The second-order valence-electron chi connectivity index (χ2n) is 10.8. The van der Waals surface area contributed by atoms with Crippen LogP contribution < -0.4 is 19.1 Å². The fraction of sp³-hybridized carbons (Fsp3) is 0.606. The number of carbonyl (C=O) groups is 1. The summed E-state index contributed by atoms with van der Waals surface area (Å²) in [6.45, 7) is 4.47. The van der Waals surface area contributed by atoms with E-state index in [1.54, 1.807) is 43.4 Å². The van der Waals surface area contributed by atoms with Crippen molar-refractivity contribution in [2.24, 2.45) is 0 Å². The third-order valence-corrected chi connectivity index (χ3v) is 7.69. The highest BCUT2D eigenvalue weighted by molar-refractivity contribution is 7.85. The van der Waals surface area contributed by atoms with Gasteiger partial charge in [0.25, 0.3) is 10.1 Å². The molecule has 2 rings (SSSR count). The van der Waals surface area contributed by atoms with Crippen LogP contribution in [0.2, 0.25) is 0 Å². The lowest BCUT2D eigenvalue weighted by Crippen LogP contribution is -2.28. The van der Waals surface area contributed by atoms with Crippen molar-refractivity contribution in [3.63, 3.8) is 0 Å². The predicted octanol–water partition coefficient (Wildman–Crippen LogP) is 7.81. The number of hydrogen-bond donors (Lipinski definition) is 0. The predicted molar refractivity (Wildman–Crippen MR) is 169 cm³/mol. The molecule has 8 nitrogen and oxygen atoms in total. The lowest BCUT2D eigenvalue weighted by molar-refractivity contribution is -0.116. The van der Waals surface area contributed by atoms with Gasteiger partial charge in [-0.3, -0.25) is 8.98 Å². The van der Waals surface area contributed by atoms with Crippen molar-refractivity contribution < 1.29 is 31.6 Å². The second-order valence-corrected chi connectivity index (χ2v) is 12.5. The zero-order valence-electron chi connectivity index (χ0n) is 26.3. The van der Waals surface area contributed by atoms with Crippen LogP contribution in [0, 0.1) is 0 Å². The molecule has 0 heterocycles. The highest BCUT2D eigenvalue weighted by atomic mass is 32.2. The standard InChI is InChI=1S/C33H51NO7S/c1-6-7-8-9-10-11-12-13-14-15-16-17-21-40-33-31(38-3)23-29(24-32(33)39-4)25-34(27(2)35)30-20-18-19-28(22-30)26-41-42(5,36)37/h18-20,22-24H,6-17,21,25-26H2,1-5H3. The number of benzene rings is 2. The van der Waals surface area contributed by atoms with E-state index in [9.17, 15) is 13.2 Å². The Morgan fingerprint density at radius 2 is 1.33 bits per heavy atom. The van der Waals surface area contributed by atoms with Crippen LogP contribution in [0.15, 0.2) is 36.4 Å². The van der Waals surface area contributed by atoms with Crippen LogP contribution in [0.25, 0.3) is 0 Å². The summed E-state index contributed by atoms with van der Waals surface area (Å²) < 4.78 is 45.1. The fourth-order valence-electron chi connectivity index (χ4n) is 4.84. The van der Waals surface area contributed by atoms with Crippen LogP contribution >= 0.6 is 0 Å². The van der Waals surface area contributed by atoms with Gasteiger partial charge >= 0.3 is 0 Å². The number of anilines is 1. The van der Waals surface area contributed by atoms with Gasteiger partial charge in [-0.05, 0) is 41.8 Å². The van der Waals surface area contributed by atoms with Gasteiger partial charge in [0.2, 0.25) is 11.7 Å². The molecule has 42 heavy (non-hydrogen) atoms. The van der Waals surface area contributed by atoms with Crippen LogP contribution in [0.1, 0.15) is 102 Å². The van der Waals surface area contributed by atoms with E-state index in [-0.39, 0.29) is 19.1 Å². The summed E-state index contributed by atoms with van der Waals surface area (Å²) in [6, 6.07) is 10.8. The van der Waals surface area contributed by atoms with Gasteiger partial charge in [0.05, 0.1) is 40.2 Å². The Labute approximate surface area is 253 Å². The molecule has 236 valence electrons. The quantitative estimate of drug-likeness (QED) is 0.0998. The van der Waals surface area contributed by atoms with Crippen molar-refractivity contribution in [2.45, 2.75) is 104 Å². The Morgan fingerprint density at radius 3 is 1.83 bits per heavy atom. The molecule has 0 saturated heterocycles. The molecular formula is C33H51NO7S. The molecule has 0 aromatic heterocycles. The molecule has 0 aliphatic heterocycles. The first kappa shape index (κ1) is 35.4. The molecule has 0 bridgehead atoms. The average molecular weight is 606 g/mol. The van der Waals surface area contributed by atoms with Crippen molar-refractivity contribution in [1.82, 2.24) is 0 Å². The molecule has 0 spiro atoms. The van der Waals surface area contributed by atoms with Gasteiger partial charge in [0.1, 0.15) is 0 Å². The van der Waals surface area contributed by atoms with E-state index in [4.69, 9.17) is 18.4 Å². The lowest BCUT2D eigenvalue weighted by atomic mass is 10.1. The van der Waals surface area contributed by atoms with Gasteiger partial charge in [0.15, 0.2) is 11.5 Å². The fourth-order valence-corrected chi connectivity index (χ4v) is 5.19. The summed E-state index contributed by atoms with van der Waals surface area (Å²) in [5, 5.41) is 0. The first-order chi connectivity index (χ1) is 20.2. The molecule has 0 N–H and O–H groups in total. The lowest BCUT2D eigenvalue weighted by Gasteiger charge is -2.23. The van der Waals surface area contributed by atoms with Gasteiger partial charge in [-0.1, -0.05) is 89.7 Å². The summed E-state index contributed by atoms with van der Waals surface area (Å²) in [5.41, 5.74) is 2.07. The molecule has 0 fully saturated rings. The molecule has 0 saturated carbocycles. The van der Waals surface area contributed by atoms with Crippen LogP contribution in [-0.4, -0.2) is 41.4 Å². The second kappa shape index (κ2) is 19.4. The number of amides is 1. The smallest absolute Gasteiger partial charge is 0.264 e. The summed E-state index contributed by atoms with van der Waals surface area (Å²) in [4.78, 5) is 14.2. The molecule has 2 aromatic rings. The minimum atomic E-state index is -3.58. The van der Waals surface area contributed by atoms with E-state index in [0.717, 1.165) is 24.7 Å². The zero-order valence-corrected chi connectivity index (χ0v) is 27.1. The topological polar surface area (TPSA) is 91.4 Å². The monoisotopic (exact) mass is 605 g/mol. The number of carbonyl (C=O) groups excluding carboxylic acids is 1. The summed E-state index contributed by atoms with van der Waals surface area (Å²) in [7, 11) is -0.407. The Hall–Kier alpha value is -2.78. The molecule has 0 aliphatic rings. The van der Waals surface area contributed by atoms with Crippen molar-refractivity contribution in [1.29, 1.82) is 0 Å². The van der Waals surface area contributed by atoms with Gasteiger partial charge in [-0.2, -0.15) is 8.42 Å². The Kier molecular flexibility index (Phi) is 16.4. The van der Waals surface area contributed by atoms with Crippen LogP contribution in [0.3, 0.4) is 0 Å². The first-order valence-corrected chi connectivity index (χ1v) is 17.1. The van der Waals surface area contributed by atoms with Crippen LogP contribution in [0.4, 0.5) is 5.69 Å². The Morgan fingerprint density at radius 1 is 0.786 bits per heavy atom. The summed E-state index contributed by atoms with van der Waals surface area (Å²) in [5.74, 6) is 1.48. The van der Waals surface area contributed by atoms with E-state index < -0.39 is 10.1 Å². The van der Waals surface area contributed by atoms with E-state index >= 15 is 0 Å². The van der Waals surface area contributed by atoms with E-state index in [1.807, 2.05) is 12.1 Å². The van der Waals surface area contributed by atoms with Crippen molar-refractivity contribution in [3.8, 4) is 17.2 Å². The van der Waals surface area contributed by atoms with Crippen molar-refractivity contribution in [2.75, 3.05) is 32.0 Å². The third kappa shape index (κ3) is 13.5. The number of hydrogen-bond acceptors (Lipinski definition) is 7. The normalized spacial score (nSPS) is 11.4. The number of methoxy groups -OCH3 is 2. The Bertz CT molecular complexity index is 1160. The zero-order chi connectivity index (χ0) is 30.8. The summed E-state index contributed by atoms with van der Waals surface area (Å²) in [6.07, 6.45) is 16.4. The van der Waals surface area contributed by atoms with Gasteiger partial charge in [-0.15, -0.1) is 0 Å². The SMILES string of the molecule is CCCCCCCCCCCCCCOc1c(OC)cc(CN(C(C)=O)c2cccc(COS(C)(=O)=O)c2)cc1OC. The van der Waals surface area contributed by atoms with Gasteiger partial charge in [0, 0.05) is 12.6 Å². The third-order valence-electron chi connectivity index (χ3n) is 7.15. The largest absolute Gasteiger partial charge is 0.493 e. The number of unbranched alkanes of at least 4 members (excludes halogenated alkanes) is 11. The molecule has 0 radical (unpaired) electrons. The highest BCUT2D eigenvalue weighted by Crippen LogP contribution is 2.39. The van der Waals surface area contributed by atoms with Gasteiger partial charge in [-0.25, -0.2) is 0 Å². The molecule has 0 unspecified atom stereocenters. The molecule has 0 aliphatic carbocycles.